The molecule has 3 rings (SSSR count). The summed E-state index contributed by atoms with van der Waals surface area (Å²) in [7, 11) is 0. The van der Waals surface area contributed by atoms with Crippen LogP contribution in [0.25, 0.3) is 11.0 Å². The number of Topliss-reactive ketones (excluding diaryl/α,β-unsaturated/α-hetero) is 1. The van der Waals surface area contributed by atoms with Gasteiger partial charge in [0.2, 0.25) is 0 Å². The van der Waals surface area contributed by atoms with E-state index in [1.807, 2.05) is 0 Å². The molecular formula is C15H16O4. The summed E-state index contributed by atoms with van der Waals surface area (Å²) in [5.74, 6) is 0.995. The minimum Gasteiger partial charge on any atom is -0.504 e. The number of carbonyl (C=O) groups is 1. The van der Waals surface area contributed by atoms with Crippen molar-refractivity contribution in [2.45, 2.75) is 26.7 Å². The van der Waals surface area contributed by atoms with Crippen LogP contribution in [0.5, 0.6) is 11.5 Å². The average molecular weight is 260 g/mol. The number of phenols is 2. The van der Waals surface area contributed by atoms with Gasteiger partial charge in [0, 0.05) is 24.3 Å². The summed E-state index contributed by atoms with van der Waals surface area (Å²) in [6.07, 6.45) is 1.25. The Labute approximate surface area is 110 Å². The summed E-state index contributed by atoms with van der Waals surface area (Å²) in [6, 6.07) is 2.77. The molecule has 0 radical (unpaired) electrons. The number of fused-ring (bicyclic) bond motifs is 3. The van der Waals surface area contributed by atoms with Crippen LogP contribution < -0.4 is 0 Å². The van der Waals surface area contributed by atoms with E-state index in [-0.39, 0.29) is 17.3 Å². The molecular weight excluding hydrogens is 244 g/mol. The maximum atomic E-state index is 12.3. The molecule has 4 heteroatoms. The molecule has 100 valence electrons. The SMILES string of the molecule is CC(C)C1CC(=O)c2c(oc3cc(O)c(O)cc23)C1. The third-order valence-corrected chi connectivity index (χ3v) is 3.97. The quantitative estimate of drug-likeness (QED) is 0.772. The first kappa shape index (κ1) is 12.1. The maximum Gasteiger partial charge on any atom is 0.167 e. The van der Waals surface area contributed by atoms with Crippen molar-refractivity contribution in [3.05, 3.63) is 23.5 Å². The summed E-state index contributed by atoms with van der Waals surface area (Å²) in [4.78, 5) is 12.3. The number of carbonyl (C=O) groups excluding carboxylic acids is 1. The lowest BCUT2D eigenvalue weighted by molar-refractivity contribution is 0.0928. The molecule has 1 unspecified atom stereocenters. The van der Waals surface area contributed by atoms with Gasteiger partial charge in [-0.25, -0.2) is 0 Å². The van der Waals surface area contributed by atoms with Gasteiger partial charge in [0.1, 0.15) is 11.3 Å². The molecule has 0 amide bonds. The van der Waals surface area contributed by atoms with Crippen molar-refractivity contribution in [1.29, 1.82) is 0 Å². The van der Waals surface area contributed by atoms with Gasteiger partial charge >= 0.3 is 0 Å². The molecule has 1 aromatic heterocycles. The average Bonchev–Trinajstić information content (AvgIpc) is 2.67. The van der Waals surface area contributed by atoms with Crippen LogP contribution in [-0.4, -0.2) is 16.0 Å². The first-order valence-corrected chi connectivity index (χ1v) is 6.48. The highest BCUT2D eigenvalue weighted by atomic mass is 16.3. The lowest BCUT2D eigenvalue weighted by Crippen LogP contribution is -2.22. The Hall–Kier alpha value is -1.97. The highest BCUT2D eigenvalue weighted by molar-refractivity contribution is 6.09. The number of hydrogen-bond donors (Lipinski definition) is 2. The number of aromatic hydroxyl groups is 2. The fraction of sp³-hybridized carbons (Fsp3) is 0.400. The van der Waals surface area contributed by atoms with E-state index in [1.54, 1.807) is 0 Å². The van der Waals surface area contributed by atoms with Crippen molar-refractivity contribution in [3.8, 4) is 11.5 Å². The van der Waals surface area contributed by atoms with Gasteiger partial charge in [-0.05, 0) is 17.9 Å². The zero-order valence-electron chi connectivity index (χ0n) is 10.9. The van der Waals surface area contributed by atoms with Gasteiger partial charge in [-0.3, -0.25) is 4.79 Å². The Bertz CT molecular complexity index is 666. The molecule has 0 saturated heterocycles. The largest absolute Gasteiger partial charge is 0.504 e. The lowest BCUT2D eigenvalue weighted by Gasteiger charge is -2.23. The highest BCUT2D eigenvalue weighted by Gasteiger charge is 2.32. The van der Waals surface area contributed by atoms with E-state index in [0.29, 0.717) is 40.5 Å². The van der Waals surface area contributed by atoms with Gasteiger partial charge in [0.25, 0.3) is 0 Å². The first-order valence-electron chi connectivity index (χ1n) is 6.48. The van der Waals surface area contributed by atoms with Crippen molar-refractivity contribution < 1.29 is 19.4 Å². The molecule has 1 aromatic carbocycles. The van der Waals surface area contributed by atoms with E-state index in [0.717, 1.165) is 6.42 Å². The standard InChI is InChI=1S/C15H16O4/c1-7(2)8-3-12(18)15-9-5-10(16)11(17)6-13(9)19-14(15)4-8/h5-8,16-17H,3-4H2,1-2H3. The second-order valence-corrected chi connectivity index (χ2v) is 5.57. The third-order valence-electron chi connectivity index (χ3n) is 3.97. The molecule has 2 N–H and O–H groups in total. The molecule has 0 spiro atoms. The molecule has 4 nitrogen and oxygen atoms in total. The minimum atomic E-state index is -0.230. The number of furan rings is 1. The van der Waals surface area contributed by atoms with Crippen LogP contribution in [0.1, 0.15) is 36.4 Å². The predicted octanol–water partition coefficient (Wildman–Crippen LogP) is 3.25. The molecule has 1 aliphatic rings. The van der Waals surface area contributed by atoms with Crippen LogP contribution in [0.4, 0.5) is 0 Å². The zero-order chi connectivity index (χ0) is 13.7. The van der Waals surface area contributed by atoms with Crippen molar-refractivity contribution in [2.75, 3.05) is 0 Å². The number of hydrogen-bond acceptors (Lipinski definition) is 4. The van der Waals surface area contributed by atoms with Crippen LogP contribution >= 0.6 is 0 Å². The second-order valence-electron chi connectivity index (χ2n) is 5.57. The third kappa shape index (κ3) is 1.79. The van der Waals surface area contributed by atoms with Crippen LogP contribution in [0.15, 0.2) is 16.5 Å². The molecule has 0 aliphatic heterocycles. The van der Waals surface area contributed by atoms with Crippen LogP contribution in [0.3, 0.4) is 0 Å². The number of rotatable bonds is 1. The summed E-state index contributed by atoms with van der Waals surface area (Å²) in [6.45, 7) is 4.20. The van der Waals surface area contributed by atoms with Crippen LogP contribution in [0.2, 0.25) is 0 Å². The smallest absolute Gasteiger partial charge is 0.167 e. The Morgan fingerprint density at radius 1 is 1.21 bits per heavy atom. The van der Waals surface area contributed by atoms with Crippen molar-refractivity contribution in [3.63, 3.8) is 0 Å². The Balaban J connectivity index is 2.19. The molecule has 1 aliphatic carbocycles. The molecule has 2 aromatic rings. The van der Waals surface area contributed by atoms with Crippen molar-refractivity contribution >= 4 is 16.8 Å². The topological polar surface area (TPSA) is 70.7 Å². The van der Waals surface area contributed by atoms with E-state index < -0.39 is 0 Å². The van der Waals surface area contributed by atoms with Gasteiger partial charge in [-0.1, -0.05) is 13.8 Å². The van der Waals surface area contributed by atoms with E-state index in [9.17, 15) is 15.0 Å². The van der Waals surface area contributed by atoms with Gasteiger partial charge in [0.05, 0.1) is 5.56 Å². The summed E-state index contributed by atoms with van der Waals surface area (Å²) in [5.41, 5.74) is 1.03. The fourth-order valence-corrected chi connectivity index (χ4v) is 2.74. The number of benzene rings is 1. The maximum absolute atomic E-state index is 12.3. The normalized spacial score (nSPS) is 19.1. The Morgan fingerprint density at radius 3 is 2.58 bits per heavy atom. The molecule has 0 fully saturated rings. The van der Waals surface area contributed by atoms with Crippen LogP contribution in [-0.2, 0) is 6.42 Å². The van der Waals surface area contributed by atoms with E-state index in [2.05, 4.69) is 13.8 Å². The molecule has 0 bridgehead atoms. The second kappa shape index (κ2) is 4.02. The first-order chi connectivity index (χ1) is 8.97. The van der Waals surface area contributed by atoms with Gasteiger partial charge in [0.15, 0.2) is 17.3 Å². The number of phenolic OH excluding ortho intramolecular Hbond substituents is 2. The molecule has 19 heavy (non-hydrogen) atoms. The van der Waals surface area contributed by atoms with Gasteiger partial charge < -0.3 is 14.6 Å². The van der Waals surface area contributed by atoms with Gasteiger partial charge in [-0.15, -0.1) is 0 Å². The Kier molecular flexibility index (Phi) is 2.55. The summed E-state index contributed by atoms with van der Waals surface area (Å²) >= 11 is 0. The predicted molar refractivity (Wildman–Crippen MR) is 70.5 cm³/mol. The van der Waals surface area contributed by atoms with E-state index in [1.165, 1.54) is 12.1 Å². The number of ketones is 1. The van der Waals surface area contributed by atoms with E-state index in [4.69, 9.17) is 4.42 Å². The molecule has 1 heterocycles. The van der Waals surface area contributed by atoms with Gasteiger partial charge in [-0.2, -0.15) is 0 Å². The minimum absolute atomic E-state index is 0.0591. The van der Waals surface area contributed by atoms with Crippen LogP contribution in [0, 0.1) is 11.8 Å². The molecule has 1 atom stereocenters. The lowest BCUT2D eigenvalue weighted by atomic mass is 9.80. The zero-order valence-corrected chi connectivity index (χ0v) is 10.9. The summed E-state index contributed by atoms with van der Waals surface area (Å²) < 4.78 is 5.69. The highest BCUT2D eigenvalue weighted by Crippen LogP contribution is 2.40. The Morgan fingerprint density at radius 2 is 1.89 bits per heavy atom. The molecule has 0 saturated carbocycles. The van der Waals surface area contributed by atoms with Crippen molar-refractivity contribution in [1.82, 2.24) is 0 Å². The monoisotopic (exact) mass is 260 g/mol. The summed E-state index contributed by atoms with van der Waals surface area (Å²) in [5, 5.41) is 19.6. The van der Waals surface area contributed by atoms with E-state index >= 15 is 0 Å². The fourth-order valence-electron chi connectivity index (χ4n) is 2.74. The van der Waals surface area contributed by atoms with Crippen molar-refractivity contribution in [2.24, 2.45) is 11.8 Å².